The molecule has 0 bridgehead atoms. The number of amides is 1. The van der Waals surface area contributed by atoms with E-state index in [0.29, 0.717) is 11.7 Å². The number of tetrazole rings is 1. The molecule has 1 fully saturated rings. The van der Waals surface area contributed by atoms with E-state index in [4.69, 9.17) is 4.74 Å². The first-order valence-corrected chi connectivity index (χ1v) is 9.44. The molecule has 0 atom stereocenters. The molecule has 2 heterocycles. The van der Waals surface area contributed by atoms with Crippen LogP contribution in [0.5, 0.6) is 5.75 Å². The molecule has 1 amide bonds. The molecule has 140 valence electrons. The molecule has 1 aliphatic rings. The molecule has 0 saturated carbocycles. The highest BCUT2D eigenvalue weighted by atomic mass is 16.5. The molecule has 2 aromatic rings. The quantitative estimate of drug-likeness (QED) is 0.713. The Morgan fingerprint density at radius 2 is 1.96 bits per heavy atom. The maximum atomic E-state index is 12.4. The van der Waals surface area contributed by atoms with Gasteiger partial charge in [-0.1, -0.05) is 20.3 Å². The smallest absolute Gasteiger partial charge is 0.246 e. The average molecular weight is 357 g/mol. The fourth-order valence-electron chi connectivity index (χ4n) is 2.94. The Morgan fingerprint density at radius 1 is 1.23 bits per heavy atom. The normalized spacial score (nSPS) is 15.2. The summed E-state index contributed by atoms with van der Waals surface area (Å²) in [5.41, 5.74) is 0.860. The van der Waals surface area contributed by atoms with Gasteiger partial charge >= 0.3 is 0 Å². The number of unbranched alkanes of at least 4 members (excludes halogenated alkanes) is 1. The lowest BCUT2D eigenvalue weighted by molar-refractivity contribution is -0.133. The number of nitrogens with zero attached hydrogens (tertiary/aromatic N) is 5. The first kappa shape index (κ1) is 18.4. The molecule has 7 nitrogen and oxygen atoms in total. The maximum Gasteiger partial charge on any atom is 0.246 e. The van der Waals surface area contributed by atoms with E-state index in [1.165, 1.54) is 4.80 Å². The number of carbonyl (C=O) groups is 1. The van der Waals surface area contributed by atoms with E-state index in [1.807, 2.05) is 29.2 Å². The summed E-state index contributed by atoms with van der Waals surface area (Å²) in [5.74, 6) is 2.11. The average Bonchev–Trinajstić information content (AvgIpc) is 3.11. The number of carbonyl (C=O) groups excluding carboxylic acids is 1. The standard InChI is InChI=1S/C19H27N5O2/c1-3-4-13-26-17-7-5-16(6-8-17)19-20-22-24(21-19)14-18(25)23-11-9-15(2)10-12-23/h5-8,15H,3-4,9-14H2,1-2H3. The molecule has 7 heteroatoms. The molecule has 0 unspecified atom stereocenters. The van der Waals surface area contributed by atoms with E-state index in [0.717, 1.165) is 56.7 Å². The van der Waals surface area contributed by atoms with Crippen molar-refractivity contribution in [3.63, 3.8) is 0 Å². The SMILES string of the molecule is CCCCOc1ccc(-c2nnn(CC(=O)N3CCC(C)CC3)n2)cc1. The number of likely N-dealkylation sites (tertiary alicyclic amines) is 1. The molecule has 1 aromatic carbocycles. The van der Waals surface area contributed by atoms with Crippen LogP contribution in [-0.2, 0) is 11.3 Å². The van der Waals surface area contributed by atoms with Gasteiger partial charge in [-0.2, -0.15) is 4.80 Å². The van der Waals surface area contributed by atoms with Crippen molar-refractivity contribution in [2.75, 3.05) is 19.7 Å². The third-order valence-electron chi connectivity index (χ3n) is 4.74. The summed E-state index contributed by atoms with van der Waals surface area (Å²) in [5, 5.41) is 12.4. The highest BCUT2D eigenvalue weighted by molar-refractivity contribution is 5.75. The summed E-state index contributed by atoms with van der Waals surface area (Å²) in [6.07, 6.45) is 4.28. The van der Waals surface area contributed by atoms with Crippen molar-refractivity contribution < 1.29 is 9.53 Å². The van der Waals surface area contributed by atoms with Crippen LogP contribution in [-0.4, -0.2) is 50.7 Å². The van der Waals surface area contributed by atoms with Crippen molar-refractivity contribution in [2.24, 2.45) is 5.92 Å². The van der Waals surface area contributed by atoms with E-state index in [1.54, 1.807) is 0 Å². The van der Waals surface area contributed by atoms with Gasteiger partial charge in [-0.3, -0.25) is 4.79 Å². The molecule has 0 aliphatic carbocycles. The van der Waals surface area contributed by atoms with Gasteiger partial charge in [0.1, 0.15) is 12.3 Å². The lowest BCUT2D eigenvalue weighted by atomic mass is 9.99. The van der Waals surface area contributed by atoms with Crippen LogP contribution in [0.15, 0.2) is 24.3 Å². The highest BCUT2D eigenvalue weighted by Crippen LogP contribution is 2.19. The van der Waals surface area contributed by atoms with Gasteiger partial charge in [-0.25, -0.2) is 0 Å². The van der Waals surface area contributed by atoms with Crippen LogP contribution >= 0.6 is 0 Å². The number of piperidine rings is 1. The summed E-state index contributed by atoms with van der Waals surface area (Å²) in [4.78, 5) is 15.6. The van der Waals surface area contributed by atoms with Gasteiger partial charge in [-0.15, -0.1) is 10.2 Å². The van der Waals surface area contributed by atoms with Gasteiger partial charge < -0.3 is 9.64 Å². The largest absolute Gasteiger partial charge is 0.494 e. The molecule has 3 rings (SSSR count). The number of hydrogen-bond donors (Lipinski definition) is 0. The van der Waals surface area contributed by atoms with Crippen molar-refractivity contribution in [1.29, 1.82) is 0 Å². The number of aromatic nitrogens is 4. The Kier molecular flexibility index (Phi) is 6.20. The van der Waals surface area contributed by atoms with E-state index >= 15 is 0 Å². The van der Waals surface area contributed by atoms with Gasteiger partial charge in [0.2, 0.25) is 11.7 Å². The molecule has 0 spiro atoms. The predicted octanol–water partition coefficient (Wildman–Crippen LogP) is 2.78. The van der Waals surface area contributed by atoms with E-state index < -0.39 is 0 Å². The first-order valence-electron chi connectivity index (χ1n) is 9.44. The zero-order valence-electron chi connectivity index (χ0n) is 15.6. The molecule has 26 heavy (non-hydrogen) atoms. The Balaban J connectivity index is 1.56. The minimum atomic E-state index is 0.0560. The number of ether oxygens (including phenoxy) is 1. The fourth-order valence-corrected chi connectivity index (χ4v) is 2.94. The van der Waals surface area contributed by atoms with E-state index in [-0.39, 0.29) is 12.5 Å². The van der Waals surface area contributed by atoms with Gasteiger partial charge in [0.05, 0.1) is 6.61 Å². The highest BCUT2D eigenvalue weighted by Gasteiger charge is 2.21. The third kappa shape index (κ3) is 4.80. The van der Waals surface area contributed by atoms with Gasteiger partial charge in [0, 0.05) is 18.7 Å². The second-order valence-electron chi connectivity index (χ2n) is 6.93. The second-order valence-corrected chi connectivity index (χ2v) is 6.93. The molecular weight excluding hydrogens is 330 g/mol. The van der Waals surface area contributed by atoms with Crippen LogP contribution < -0.4 is 4.74 Å². The van der Waals surface area contributed by atoms with Crippen molar-refractivity contribution in [3.05, 3.63) is 24.3 Å². The summed E-state index contributed by atoms with van der Waals surface area (Å²) < 4.78 is 5.66. The summed E-state index contributed by atoms with van der Waals surface area (Å²) in [6, 6.07) is 7.64. The minimum absolute atomic E-state index is 0.0560. The zero-order valence-corrected chi connectivity index (χ0v) is 15.6. The number of rotatable bonds is 7. The van der Waals surface area contributed by atoms with Gasteiger partial charge in [0.15, 0.2) is 0 Å². The first-order chi connectivity index (χ1) is 12.7. The Morgan fingerprint density at radius 3 is 2.65 bits per heavy atom. The summed E-state index contributed by atoms with van der Waals surface area (Å²) >= 11 is 0. The fraction of sp³-hybridized carbons (Fsp3) is 0.579. The zero-order chi connectivity index (χ0) is 18.4. The summed E-state index contributed by atoms with van der Waals surface area (Å²) in [6.45, 7) is 6.87. The number of benzene rings is 1. The van der Waals surface area contributed by atoms with Crippen LogP contribution in [0.3, 0.4) is 0 Å². The number of hydrogen-bond acceptors (Lipinski definition) is 5. The molecular formula is C19H27N5O2. The van der Waals surface area contributed by atoms with Crippen LogP contribution in [0, 0.1) is 5.92 Å². The van der Waals surface area contributed by atoms with Crippen LogP contribution in [0.4, 0.5) is 0 Å². The lowest BCUT2D eigenvalue weighted by Crippen LogP contribution is -2.40. The van der Waals surface area contributed by atoms with Gasteiger partial charge in [0.25, 0.3) is 0 Å². The predicted molar refractivity (Wildman–Crippen MR) is 98.6 cm³/mol. The topological polar surface area (TPSA) is 73.1 Å². The summed E-state index contributed by atoms with van der Waals surface area (Å²) in [7, 11) is 0. The maximum absolute atomic E-state index is 12.4. The Labute approximate surface area is 154 Å². The van der Waals surface area contributed by atoms with Gasteiger partial charge in [-0.05, 0) is 54.7 Å². The Hall–Kier alpha value is -2.44. The van der Waals surface area contributed by atoms with Crippen molar-refractivity contribution in [1.82, 2.24) is 25.1 Å². The monoisotopic (exact) mass is 357 g/mol. The van der Waals surface area contributed by atoms with Crippen molar-refractivity contribution in [3.8, 4) is 17.1 Å². The van der Waals surface area contributed by atoms with Crippen molar-refractivity contribution in [2.45, 2.75) is 46.1 Å². The Bertz CT molecular complexity index is 705. The van der Waals surface area contributed by atoms with Crippen molar-refractivity contribution >= 4 is 5.91 Å². The van der Waals surface area contributed by atoms with Crippen LogP contribution in [0.1, 0.15) is 39.5 Å². The second kappa shape index (κ2) is 8.78. The molecule has 0 radical (unpaired) electrons. The van der Waals surface area contributed by atoms with Crippen LogP contribution in [0.2, 0.25) is 0 Å². The lowest BCUT2D eigenvalue weighted by Gasteiger charge is -2.30. The molecule has 1 saturated heterocycles. The van der Waals surface area contributed by atoms with Crippen LogP contribution in [0.25, 0.3) is 11.4 Å². The minimum Gasteiger partial charge on any atom is -0.494 e. The molecule has 1 aromatic heterocycles. The third-order valence-corrected chi connectivity index (χ3v) is 4.74. The molecule has 0 N–H and O–H groups in total. The van der Waals surface area contributed by atoms with E-state index in [2.05, 4.69) is 29.3 Å². The molecule has 1 aliphatic heterocycles. The van der Waals surface area contributed by atoms with E-state index in [9.17, 15) is 4.79 Å².